The van der Waals surface area contributed by atoms with Gasteiger partial charge in [0.05, 0.1) is 11.5 Å². The quantitative estimate of drug-likeness (QED) is 0.569. The molecular weight excluding hydrogens is 234 g/mol. The molecule has 0 saturated carbocycles. The van der Waals surface area contributed by atoms with E-state index in [1.54, 1.807) is 0 Å². The zero-order valence-electron chi connectivity index (χ0n) is 10.4. The highest BCUT2D eigenvalue weighted by Crippen LogP contribution is 2.25. The fraction of sp³-hybridized carbons (Fsp3) is 0.385. The first-order valence-corrected chi connectivity index (χ1v) is 5.74. The highest BCUT2D eigenvalue weighted by atomic mass is 16.8. The summed E-state index contributed by atoms with van der Waals surface area (Å²) in [5, 5.41) is 11.7. The number of ether oxygens (including phenoxy) is 2. The third-order valence-corrected chi connectivity index (χ3v) is 2.57. The van der Waals surface area contributed by atoms with Gasteiger partial charge in [-0.1, -0.05) is 6.07 Å². The summed E-state index contributed by atoms with van der Waals surface area (Å²) in [6, 6.07) is 5.66. The number of esters is 1. The maximum Gasteiger partial charge on any atom is 0.337 e. The van der Waals surface area contributed by atoms with Crippen molar-refractivity contribution in [3.8, 4) is 0 Å². The van der Waals surface area contributed by atoms with Crippen LogP contribution in [0.15, 0.2) is 42.1 Å². The van der Waals surface area contributed by atoms with Crippen molar-refractivity contribution in [2.24, 2.45) is 0 Å². The minimum atomic E-state index is -1.17. The molecule has 1 aliphatic rings. The monoisotopic (exact) mass is 249 g/mol. The maximum atomic E-state index is 11.7. The number of carbonyl (C=O) groups excluding carboxylic acids is 1. The molecule has 18 heavy (non-hydrogen) atoms. The van der Waals surface area contributed by atoms with Crippen LogP contribution in [0.25, 0.3) is 0 Å². The number of hydrogen-bond acceptors (Lipinski definition) is 4. The second-order valence-electron chi connectivity index (χ2n) is 4.52. The van der Waals surface area contributed by atoms with Crippen molar-refractivity contribution >= 4 is 5.97 Å². The Bertz CT molecular complexity index is 479. The number of hydrogen-bond donors (Lipinski definition) is 0. The largest absolute Gasteiger partial charge is 0.575 e. The Morgan fingerprint density at radius 1 is 1.22 bits per heavy atom. The summed E-state index contributed by atoms with van der Waals surface area (Å²) in [6.07, 6.45) is 4.02. The van der Waals surface area contributed by atoms with Gasteiger partial charge in [-0.3, -0.25) is 0 Å². The molecule has 0 spiro atoms. The summed E-state index contributed by atoms with van der Waals surface area (Å²) in [6.45, 7) is 3.60. The van der Waals surface area contributed by atoms with Crippen molar-refractivity contribution in [3.05, 3.63) is 42.1 Å². The van der Waals surface area contributed by atoms with Gasteiger partial charge in [0.2, 0.25) is 0 Å². The minimum absolute atomic E-state index is 0.0608. The van der Waals surface area contributed by atoms with Gasteiger partial charge in [-0.05, 0) is 13.8 Å². The van der Waals surface area contributed by atoms with Crippen LogP contribution in [0.3, 0.4) is 0 Å². The zero-order chi connectivity index (χ0) is 13.2. The molecule has 0 N–H and O–H groups in total. The lowest BCUT2D eigenvalue weighted by Gasteiger charge is -2.39. The number of nitrogens with zero attached hydrogens (tertiary/aromatic N) is 1. The molecule has 1 aliphatic heterocycles. The van der Waals surface area contributed by atoms with Gasteiger partial charge in [-0.2, -0.15) is 0 Å². The van der Waals surface area contributed by atoms with Gasteiger partial charge in [0.15, 0.2) is 24.7 Å². The van der Waals surface area contributed by atoms with E-state index in [1.807, 2.05) is 35.2 Å². The lowest BCUT2D eigenvalue weighted by molar-refractivity contribution is -0.696. The number of rotatable bonds is 3. The Balaban J connectivity index is 2.07. The van der Waals surface area contributed by atoms with Crippen molar-refractivity contribution in [1.82, 2.24) is 0 Å². The number of pyridine rings is 1. The van der Waals surface area contributed by atoms with E-state index >= 15 is 0 Å². The molecule has 0 radical (unpaired) electrons. The van der Waals surface area contributed by atoms with E-state index in [0.717, 1.165) is 0 Å². The van der Waals surface area contributed by atoms with E-state index in [4.69, 9.17) is 9.47 Å². The second kappa shape index (κ2) is 4.68. The van der Waals surface area contributed by atoms with Crippen LogP contribution in [-0.4, -0.2) is 11.8 Å². The van der Waals surface area contributed by atoms with Crippen molar-refractivity contribution in [3.63, 3.8) is 0 Å². The maximum absolute atomic E-state index is 11.7. The molecular formula is C13H15NO4. The molecule has 0 aliphatic carbocycles. The Morgan fingerprint density at radius 2 is 1.89 bits per heavy atom. The number of aromatic nitrogens is 1. The van der Waals surface area contributed by atoms with Crippen molar-refractivity contribution in [1.29, 1.82) is 0 Å². The standard InChI is InChI=1S/C13H15NO4/c1-13(2)17-11(15)10(12(16)18-13)6-9-14-7-4-3-5-8-14/h3-5,7-8H,6,9H2,1-2H3. The molecule has 2 rings (SSSR count). The predicted molar refractivity (Wildman–Crippen MR) is 59.5 cm³/mol. The van der Waals surface area contributed by atoms with Crippen LogP contribution in [0.4, 0.5) is 0 Å². The summed E-state index contributed by atoms with van der Waals surface area (Å²) in [5.74, 6) is -2.35. The first kappa shape index (κ1) is 12.4. The van der Waals surface area contributed by atoms with Crippen LogP contribution >= 0.6 is 0 Å². The first-order valence-electron chi connectivity index (χ1n) is 5.74. The fourth-order valence-corrected chi connectivity index (χ4v) is 1.70. The zero-order valence-corrected chi connectivity index (χ0v) is 10.4. The van der Waals surface area contributed by atoms with Crippen molar-refractivity contribution < 1.29 is 23.9 Å². The van der Waals surface area contributed by atoms with E-state index < -0.39 is 17.7 Å². The topological polar surface area (TPSA) is 62.5 Å². The van der Waals surface area contributed by atoms with Crippen LogP contribution in [0.2, 0.25) is 0 Å². The van der Waals surface area contributed by atoms with Gasteiger partial charge in [0, 0.05) is 18.6 Å². The Morgan fingerprint density at radius 3 is 2.50 bits per heavy atom. The van der Waals surface area contributed by atoms with Gasteiger partial charge < -0.3 is 14.6 Å². The average molecular weight is 249 g/mol. The van der Waals surface area contributed by atoms with E-state index in [9.17, 15) is 9.90 Å². The van der Waals surface area contributed by atoms with Gasteiger partial charge >= 0.3 is 5.97 Å². The molecule has 5 nitrogen and oxygen atoms in total. The van der Waals surface area contributed by atoms with Gasteiger partial charge in [0.25, 0.3) is 0 Å². The lowest BCUT2D eigenvalue weighted by atomic mass is 10.1. The normalized spacial score (nSPS) is 18.2. The molecule has 0 amide bonds. The Kier molecular flexibility index (Phi) is 3.23. The number of carbonyl (C=O) groups is 1. The molecule has 0 fully saturated rings. The summed E-state index contributed by atoms with van der Waals surface area (Å²) in [5.41, 5.74) is 0.0608. The second-order valence-corrected chi connectivity index (χ2v) is 4.52. The molecule has 5 heteroatoms. The van der Waals surface area contributed by atoms with Crippen LogP contribution in [0.5, 0.6) is 0 Å². The summed E-state index contributed by atoms with van der Waals surface area (Å²) in [4.78, 5) is 11.7. The van der Waals surface area contributed by atoms with Gasteiger partial charge in [-0.15, -0.1) is 0 Å². The minimum Gasteiger partial charge on any atom is -0.575 e. The van der Waals surface area contributed by atoms with Gasteiger partial charge in [0.1, 0.15) is 0 Å². The number of cyclic esters (lactones) is 1. The Hall–Kier alpha value is -2.04. The van der Waals surface area contributed by atoms with Crippen LogP contribution in [-0.2, 0) is 20.8 Å². The van der Waals surface area contributed by atoms with Crippen LogP contribution in [0, 0.1) is 0 Å². The molecule has 0 aromatic carbocycles. The van der Waals surface area contributed by atoms with E-state index in [0.29, 0.717) is 13.0 Å². The molecule has 96 valence electrons. The van der Waals surface area contributed by atoms with E-state index in [1.165, 1.54) is 13.8 Å². The predicted octanol–water partition coefficient (Wildman–Crippen LogP) is 0.246. The molecule has 0 unspecified atom stereocenters. The third-order valence-electron chi connectivity index (χ3n) is 2.57. The Labute approximate surface area is 105 Å². The number of aryl methyl sites for hydroxylation is 1. The molecule has 0 saturated heterocycles. The third kappa shape index (κ3) is 2.80. The molecule has 1 aromatic heterocycles. The van der Waals surface area contributed by atoms with Crippen molar-refractivity contribution in [2.45, 2.75) is 32.6 Å². The van der Waals surface area contributed by atoms with Gasteiger partial charge in [-0.25, -0.2) is 9.36 Å². The summed E-state index contributed by atoms with van der Waals surface area (Å²) in [7, 11) is 0. The molecule has 2 heterocycles. The molecule has 0 atom stereocenters. The lowest BCUT2D eigenvalue weighted by Crippen LogP contribution is -2.41. The highest BCUT2D eigenvalue weighted by molar-refractivity contribution is 5.89. The molecule has 1 aromatic rings. The van der Waals surface area contributed by atoms with Crippen molar-refractivity contribution in [2.75, 3.05) is 0 Å². The SMILES string of the molecule is CC1(C)OC(=O)C(CC[n+]2ccccc2)=C([O-])O1. The van der Waals surface area contributed by atoms with Crippen LogP contribution in [0.1, 0.15) is 20.3 Å². The molecule has 0 bridgehead atoms. The van der Waals surface area contributed by atoms with Crippen LogP contribution < -0.4 is 9.67 Å². The summed E-state index contributed by atoms with van der Waals surface area (Å²) < 4.78 is 11.9. The summed E-state index contributed by atoms with van der Waals surface area (Å²) >= 11 is 0. The smallest absolute Gasteiger partial charge is 0.337 e. The van der Waals surface area contributed by atoms with E-state index in [2.05, 4.69) is 0 Å². The first-order chi connectivity index (χ1) is 8.48. The van der Waals surface area contributed by atoms with E-state index in [-0.39, 0.29) is 5.57 Å². The average Bonchev–Trinajstić information content (AvgIpc) is 2.27. The fourth-order valence-electron chi connectivity index (χ4n) is 1.70. The highest BCUT2D eigenvalue weighted by Gasteiger charge is 2.29.